The number of amides is 1. The first-order valence-corrected chi connectivity index (χ1v) is 7.89. The molecule has 1 saturated carbocycles. The molecule has 1 amide bonds. The van der Waals surface area contributed by atoms with Gasteiger partial charge in [-0.1, -0.05) is 13.8 Å². The van der Waals surface area contributed by atoms with Gasteiger partial charge in [0.05, 0.1) is 12.8 Å². The quantitative estimate of drug-likeness (QED) is 0.871. The van der Waals surface area contributed by atoms with Crippen LogP contribution in [0, 0.1) is 5.92 Å². The molecule has 3 heterocycles. The number of carbonyl (C=O) groups is 1. The van der Waals surface area contributed by atoms with Gasteiger partial charge in [0.2, 0.25) is 5.91 Å². The van der Waals surface area contributed by atoms with Crippen molar-refractivity contribution in [2.45, 2.75) is 45.2 Å². The van der Waals surface area contributed by atoms with E-state index in [1.54, 1.807) is 6.26 Å². The summed E-state index contributed by atoms with van der Waals surface area (Å²) in [7, 11) is 0. The van der Waals surface area contributed by atoms with Gasteiger partial charge in [-0.3, -0.25) is 4.79 Å². The van der Waals surface area contributed by atoms with E-state index in [1.807, 2.05) is 17.0 Å². The zero-order valence-corrected chi connectivity index (χ0v) is 12.9. The zero-order valence-electron chi connectivity index (χ0n) is 12.9. The van der Waals surface area contributed by atoms with Crippen LogP contribution in [0.4, 0.5) is 0 Å². The fourth-order valence-corrected chi connectivity index (χ4v) is 3.31. The van der Waals surface area contributed by atoms with Crippen molar-refractivity contribution in [3.05, 3.63) is 35.8 Å². The number of hydrogen-bond acceptors (Lipinski definition) is 4. The standard InChI is InChI=1S/C16H20N4O2/c1-10(2)15-18-17-14-9-19(5-6-20(14)15)16(21)12-8-11(12)13-4-3-7-22-13/h3-4,7,10-12H,5-6,8-9H2,1-2H3. The van der Waals surface area contributed by atoms with Gasteiger partial charge >= 0.3 is 0 Å². The Labute approximate surface area is 129 Å². The van der Waals surface area contributed by atoms with Gasteiger partial charge in [-0.25, -0.2) is 0 Å². The zero-order chi connectivity index (χ0) is 15.3. The summed E-state index contributed by atoms with van der Waals surface area (Å²) in [6, 6.07) is 3.84. The molecular formula is C16H20N4O2. The van der Waals surface area contributed by atoms with Crippen LogP contribution in [0.1, 0.15) is 49.5 Å². The normalized spacial score (nSPS) is 23.7. The lowest BCUT2D eigenvalue weighted by Gasteiger charge is -2.28. The van der Waals surface area contributed by atoms with Crippen molar-refractivity contribution >= 4 is 5.91 Å². The van der Waals surface area contributed by atoms with E-state index < -0.39 is 0 Å². The Hall–Kier alpha value is -2.11. The van der Waals surface area contributed by atoms with E-state index in [0.29, 0.717) is 12.5 Å². The van der Waals surface area contributed by atoms with E-state index in [1.165, 1.54) is 0 Å². The van der Waals surface area contributed by atoms with Crippen molar-refractivity contribution < 1.29 is 9.21 Å². The largest absolute Gasteiger partial charge is 0.469 e. The van der Waals surface area contributed by atoms with Crippen LogP contribution in [0.3, 0.4) is 0 Å². The molecular weight excluding hydrogens is 280 g/mol. The summed E-state index contributed by atoms with van der Waals surface area (Å²) in [5, 5.41) is 8.53. The highest BCUT2D eigenvalue weighted by Gasteiger charge is 2.48. The molecule has 2 aliphatic rings. The SMILES string of the molecule is CC(C)c1nnc2n1CCN(C(=O)C1CC1c1ccco1)C2. The second kappa shape index (κ2) is 4.97. The van der Waals surface area contributed by atoms with Gasteiger partial charge in [0.15, 0.2) is 5.82 Å². The van der Waals surface area contributed by atoms with E-state index in [4.69, 9.17) is 4.42 Å². The van der Waals surface area contributed by atoms with E-state index in [0.717, 1.165) is 36.9 Å². The lowest BCUT2D eigenvalue weighted by Crippen LogP contribution is -2.39. The van der Waals surface area contributed by atoms with Crippen molar-refractivity contribution in [3.63, 3.8) is 0 Å². The average molecular weight is 300 g/mol. The van der Waals surface area contributed by atoms with Crippen LogP contribution < -0.4 is 0 Å². The van der Waals surface area contributed by atoms with Gasteiger partial charge in [-0.2, -0.15) is 0 Å². The Morgan fingerprint density at radius 3 is 2.95 bits per heavy atom. The van der Waals surface area contributed by atoms with Crippen LogP contribution in [0.25, 0.3) is 0 Å². The van der Waals surface area contributed by atoms with Crippen molar-refractivity contribution in [2.75, 3.05) is 6.54 Å². The molecule has 1 fully saturated rings. The summed E-state index contributed by atoms with van der Waals surface area (Å²) in [5.41, 5.74) is 0. The molecule has 6 heteroatoms. The second-order valence-electron chi connectivity index (χ2n) is 6.50. The molecule has 0 N–H and O–H groups in total. The number of aromatic nitrogens is 3. The highest BCUT2D eigenvalue weighted by atomic mass is 16.3. The van der Waals surface area contributed by atoms with E-state index >= 15 is 0 Å². The first-order chi connectivity index (χ1) is 10.6. The second-order valence-corrected chi connectivity index (χ2v) is 6.50. The van der Waals surface area contributed by atoms with Crippen LogP contribution in [0.2, 0.25) is 0 Å². The maximum Gasteiger partial charge on any atom is 0.226 e. The number of rotatable bonds is 3. The van der Waals surface area contributed by atoms with Crippen LogP contribution >= 0.6 is 0 Å². The van der Waals surface area contributed by atoms with Gasteiger partial charge in [-0.05, 0) is 18.6 Å². The Balaban J connectivity index is 1.46. The summed E-state index contributed by atoms with van der Waals surface area (Å²) in [6.07, 6.45) is 2.57. The third kappa shape index (κ3) is 2.14. The number of fused-ring (bicyclic) bond motifs is 1. The predicted molar refractivity (Wildman–Crippen MR) is 79.1 cm³/mol. The van der Waals surface area contributed by atoms with Gasteiger partial charge < -0.3 is 13.9 Å². The van der Waals surface area contributed by atoms with Crippen LogP contribution in [0.15, 0.2) is 22.8 Å². The first-order valence-electron chi connectivity index (χ1n) is 7.89. The minimum atomic E-state index is 0.0743. The predicted octanol–water partition coefficient (Wildman–Crippen LogP) is 2.14. The molecule has 4 rings (SSSR count). The Morgan fingerprint density at radius 1 is 1.36 bits per heavy atom. The highest BCUT2D eigenvalue weighted by Crippen LogP contribution is 2.48. The van der Waals surface area contributed by atoms with Gasteiger partial charge in [0.1, 0.15) is 11.6 Å². The molecule has 2 atom stereocenters. The number of carbonyl (C=O) groups excluding carboxylic acids is 1. The minimum absolute atomic E-state index is 0.0743. The smallest absolute Gasteiger partial charge is 0.226 e. The average Bonchev–Trinajstić information content (AvgIpc) is 2.96. The number of furan rings is 1. The molecule has 6 nitrogen and oxygen atoms in total. The molecule has 22 heavy (non-hydrogen) atoms. The molecule has 116 valence electrons. The lowest BCUT2D eigenvalue weighted by atomic mass is 10.2. The topological polar surface area (TPSA) is 64.2 Å². The van der Waals surface area contributed by atoms with Crippen molar-refractivity contribution in [3.8, 4) is 0 Å². The van der Waals surface area contributed by atoms with E-state index in [2.05, 4.69) is 28.6 Å². The highest BCUT2D eigenvalue weighted by molar-refractivity contribution is 5.82. The van der Waals surface area contributed by atoms with Crippen LogP contribution in [0.5, 0.6) is 0 Å². The van der Waals surface area contributed by atoms with Crippen LogP contribution in [-0.2, 0) is 17.9 Å². The molecule has 0 radical (unpaired) electrons. The van der Waals surface area contributed by atoms with Gasteiger partial charge in [-0.15, -0.1) is 10.2 Å². The maximum absolute atomic E-state index is 12.6. The van der Waals surface area contributed by atoms with Gasteiger partial charge in [0, 0.05) is 30.8 Å². The summed E-state index contributed by atoms with van der Waals surface area (Å²) in [6.45, 7) is 6.34. The maximum atomic E-state index is 12.6. The van der Waals surface area contributed by atoms with Gasteiger partial charge in [0.25, 0.3) is 0 Å². The van der Waals surface area contributed by atoms with Crippen molar-refractivity contribution in [1.29, 1.82) is 0 Å². The number of hydrogen-bond donors (Lipinski definition) is 0. The summed E-state index contributed by atoms with van der Waals surface area (Å²) in [4.78, 5) is 14.6. The van der Waals surface area contributed by atoms with Crippen molar-refractivity contribution in [1.82, 2.24) is 19.7 Å². The monoisotopic (exact) mass is 300 g/mol. The number of nitrogens with zero attached hydrogens (tertiary/aromatic N) is 4. The molecule has 0 bridgehead atoms. The molecule has 1 aliphatic carbocycles. The summed E-state index contributed by atoms with van der Waals surface area (Å²) >= 11 is 0. The molecule has 2 aromatic rings. The molecule has 0 aromatic carbocycles. The Kier molecular flexibility index (Phi) is 3.06. The summed E-state index contributed by atoms with van der Waals surface area (Å²) in [5.74, 6) is 3.76. The third-order valence-electron chi connectivity index (χ3n) is 4.63. The third-order valence-corrected chi connectivity index (χ3v) is 4.63. The molecule has 2 aromatic heterocycles. The Morgan fingerprint density at radius 2 is 2.23 bits per heavy atom. The summed E-state index contributed by atoms with van der Waals surface area (Å²) < 4.78 is 7.57. The van der Waals surface area contributed by atoms with E-state index in [-0.39, 0.29) is 17.7 Å². The Bertz CT molecular complexity index is 689. The molecule has 0 saturated heterocycles. The van der Waals surface area contributed by atoms with Crippen LogP contribution in [-0.4, -0.2) is 32.1 Å². The molecule has 2 unspecified atom stereocenters. The van der Waals surface area contributed by atoms with Crippen molar-refractivity contribution in [2.24, 2.45) is 5.92 Å². The molecule has 0 spiro atoms. The fraction of sp³-hybridized carbons (Fsp3) is 0.562. The fourth-order valence-electron chi connectivity index (χ4n) is 3.31. The molecule has 1 aliphatic heterocycles. The van der Waals surface area contributed by atoms with E-state index in [9.17, 15) is 4.79 Å². The minimum Gasteiger partial charge on any atom is -0.469 e. The first kappa shape index (κ1) is 13.5. The lowest BCUT2D eigenvalue weighted by molar-refractivity contribution is -0.134.